The van der Waals surface area contributed by atoms with Crippen molar-refractivity contribution < 1.29 is 13.9 Å². The quantitative estimate of drug-likeness (QED) is 0.925. The number of hydrogen-bond acceptors (Lipinski definition) is 6. The van der Waals surface area contributed by atoms with Gasteiger partial charge in [-0.2, -0.15) is 9.97 Å². The van der Waals surface area contributed by atoms with Gasteiger partial charge in [-0.15, -0.1) is 4.98 Å². The van der Waals surface area contributed by atoms with Crippen molar-refractivity contribution in [3.63, 3.8) is 0 Å². The highest BCUT2D eigenvalue weighted by Gasteiger charge is 2.10. The molecule has 1 aromatic carbocycles. The number of anilines is 1. The van der Waals surface area contributed by atoms with Gasteiger partial charge in [0.15, 0.2) is 0 Å². The summed E-state index contributed by atoms with van der Waals surface area (Å²) in [7, 11) is 0. The van der Waals surface area contributed by atoms with Crippen LogP contribution in [0.15, 0.2) is 18.2 Å². The lowest BCUT2D eigenvalue weighted by Gasteiger charge is -2.10. The summed E-state index contributed by atoms with van der Waals surface area (Å²) in [6, 6.07) is 4.22. The molecule has 2 aromatic rings. The molecule has 20 heavy (non-hydrogen) atoms. The van der Waals surface area contributed by atoms with Gasteiger partial charge in [-0.1, -0.05) is 0 Å². The highest BCUT2D eigenvalue weighted by molar-refractivity contribution is 5.35. The van der Waals surface area contributed by atoms with Gasteiger partial charge < -0.3 is 15.2 Å². The Labute approximate surface area is 115 Å². The summed E-state index contributed by atoms with van der Waals surface area (Å²) in [5.74, 6) is 0.0896. The maximum atomic E-state index is 13.0. The second kappa shape index (κ2) is 5.68. The molecular formula is C13H15FN4O2. The van der Waals surface area contributed by atoms with Crippen molar-refractivity contribution in [2.24, 2.45) is 0 Å². The maximum absolute atomic E-state index is 13.0. The van der Waals surface area contributed by atoms with E-state index in [1.807, 2.05) is 13.8 Å². The molecule has 0 radical (unpaired) electrons. The second-order valence-electron chi connectivity index (χ2n) is 4.44. The predicted octanol–water partition coefficient (Wildman–Crippen LogP) is 2.48. The van der Waals surface area contributed by atoms with Gasteiger partial charge >= 0.3 is 12.0 Å². The fraction of sp³-hybridized carbons (Fsp3) is 0.308. The van der Waals surface area contributed by atoms with Crippen LogP contribution < -0.4 is 15.2 Å². The van der Waals surface area contributed by atoms with E-state index in [2.05, 4.69) is 15.0 Å². The van der Waals surface area contributed by atoms with E-state index in [0.717, 1.165) is 0 Å². The number of nitrogen functional groups attached to an aromatic ring is 1. The standard InChI is InChI=1S/C13H15FN4O2/c1-7(2)19-12-16-11(15)17-13(18-12)20-10-5-4-9(14)6-8(10)3/h4-7H,1-3H3,(H2,15,16,17,18). The Morgan fingerprint density at radius 2 is 1.85 bits per heavy atom. The smallest absolute Gasteiger partial charge is 0.330 e. The third-order valence-electron chi connectivity index (χ3n) is 2.29. The summed E-state index contributed by atoms with van der Waals surface area (Å²) in [5, 5.41) is 0. The second-order valence-corrected chi connectivity index (χ2v) is 4.44. The molecule has 0 aliphatic rings. The van der Waals surface area contributed by atoms with Gasteiger partial charge in [-0.3, -0.25) is 0 Å². The third-order valence-corrected chi connectivity index (χ3v) is 2.29. The maximum Gasteiger partial charge on any atom is 0.330 e. The van der Waals surface area contributed by atoms with E-state index in [1.165, 1.54) is 18.2 Å². The number of rotatable bonds is 4. The number of aryl methyl sites for hydroxylation is 1. The summed E-state index contributed by atoms with van der Waals surface area (Å²) < 4.78 is 23.8. The first-order valence-electron chi connectivity index (χ1n) is 6.06. The number of nitrogens with zero attached hydrogens (tertiary/aromatic N) is 3. The molecule has 0 spiro atoms. The minimum Gasteiger partial charge on any atom is -0.461 e. The molecule has 0 atom stereocenters. The van der Waals surface area contributed by atoms with Crippen molar-refractivity contribution in [2.75, 3.05) is 5.73 Å². The Kier molecular flexibility index (Phi) is 3.97. The summed E-state index contributed by atoms with van der Waals surface area (Å²) in [6.07, 6.45) is -0.0998. The Bertz CT molecular complexity index is 619. The highest BCUT2D eigenvalue weighted by atomic mass is 19.1. The molecule has 6 nitrogen and oxygen atoms in total. The van der Waals surface area contributed by atoms with E-state index < -0.39 is 0 Å². The van der Waals surface area contributed by atoms with Gasteiger partial charge in [0, 0.05) is 0 Å². The summed E-state index contributed by atoms with van der Waals surface area (Å²) >= 11 is 0. The van der Waals surface area contributed by atoms with Gasteiger partial charge in [-0.25, -0.2) is 4.39 Å². The summed E-state index contributed by atoms with van der Waals surface area (Å²) in [4.78, 5) is 11.7. The van der Waals surface area contributed by atoms with Crippen molar-refractivity contribution in [3.05, 3.63) is 29.6 Å². The molecule has 0 aliphatic carbocycles. The Balaban J connectivity index is 2.26. The first kappa shape index (κ1) is 14.0. The lowest BCUT2D eigenvalue weighted by atomic mass is 10.2. The van der Waals surface area contributed by atoms with Crippen LogP contribution in [0.1, 0.15) is 19.4 Å². The molecule has 0 unspecified atom stereocenters. The topological polar surface area (TPSA) is 83.2 Å². The van der Waals surface area contributed by atoms with Crippen molar-refractivity contribution >= 4 is 5.95 Å². The van der Waals surface area contributed by atoms with Crippen LogP contribution in [0.4, 0.5) is 10.3 Å². The van der Waals surface area contributed by atoms with E-state index in [1.54, 1.807) is 6.92 Å². The van der Waals surface area contributed by atoms with Crippen molar-refractivity contribution in [1.82, 2.24) is 15.0 Å². The number of ether oxygens (including phenoxy) is 2. The van der Waals surface area contributed by atoms with Gasteiger partial charge in [0.2, 0.25) is 5.95 Å². The van der Waals surface area contributed by atoms with Crippen LogP contribution in [0.25, 0.3) is 0 Å². The lowest BCUT2D eigenvalue weighted by Crippen LogP contribution is -2.11. The van der Waals surface area contributed by atoms with Crippen molar-refractivity contribution in [2.45, 2.75) is 26.9 Å². The normalized spacial score (nSPS) is 10.7. The average molecular weight is 278 g/mol. The van der Waals surface area contributed by atoms with Gasteiger partial charge in [0.05, 0.1) is 6.10 Å². The zero-order valence-electron chi connectivity index (χ0n) is 11.4. The van der Waals surface area contributed by atoms with E-state index in [-0.39, 0.29) is 29.9 Å². The zero-order valence-corrected chi connectivity index (χ0v) is 11.4. The lowest BCUT2D eigenvalue weighted by molar-refractivity contribution is 0.218. The molecule has 7 heteroatoms. The molecule has 0 bridgehead atoms. The number of hydrogen-bond donors (Lipinski definition) is 1. The SMILES string of the molecule is Cc1cc(F)ccc1Oc1nc(N)nc(OC(C)C)n1. The van der Waals surface area contributed by atoms with Crippen LogP contribution in [-0.2, 0) is 0 Å². The Morgan fingerprint density at radius 1 is 1.15 bits per heavy atom. The molecule has 0 amide bonds. The number of nitrogens with two attached hydrogens (primary N) is 1. The average Bonchev–Trinajstić information content (AvgIpc) is 2.31. The van der Waals surface area contributed by atoms with E-state index >= 15 is 0 Å². The zero-order chi connectivity index (χ0) is 14.7. The van der Waals surface area contributed by atoms with Crippen LogP contribution in [0.5, 0.6) is 17.8 Å². The van der Waals surface area contributed by atoms with Crippen LogP contribution in [0, 0.1) is 12.7 Å². The Morgan fingerprint density at radius 3 is 2.50 bits per heavy atom. The molecular weight excluding hydrogens is 263 g/mol. The van der Waals surface area contributed by atoms with E-state index in [4.69, 9.17) is 15.2 Å². The third kappa shape index (κ3) is 3.53. The van der Waals surface area contributed by atoms with E-state index in [9.17, 15) is 4.39 Å². The minimum atomic E-state index is -0.339. The monoisotopic (exact) mass is 278 g/mol. The molecule has 0 saturated carbocycles. The van der Waals surface area contributed by atoms with Crippen LogP contribution >= 0.6 is 0 Å². The number of halogens is 1. The largest absolute Gasteiger partial charge is 0.461 e. The molecule has 1 heterocycles. The predicted molar refractivity (Wildman–Crippen MR) is 71.2 cm³/mol. The Hall–Kier alpha value is -2.44. The molecule has 0 saturated heterocycles. The van der Waals surface area contributed by atoms with E-state index in [0.29, 0.717) is 11.3 Å². The summed E-state index contributed by atoms with van der Waals surface area (Å²) in [5.41, 5.74) is 6.19. The van der Waals surface area contributed by atoms with Crippen LogP contribution in [0.3, 0.4) is 0 Å². The molecule has 106 valence electrons. The molecule has 0 fully saturated rings. The molecule has 1 aromatic heterocycles. The van der Waals surface area contributed by atoms with Crippen LogP contribution in [0.2, 0.25) is 0 Å². The number of aromatic nitrogens is 3. The van der Waals surface area contributed by atoms with Gasteiger partial charge in [0.1, 0.15) is 11.6 Å². The van der Waals surface area contributed by atoms with Gasteiger partial charge in [-0.05, 0) is 44.5 Å². The fourth-order valence-electron chi connectivity index (χ4n) is 1.49. The van der Waals surface area contributed by atoms with Crippen LogP contribution in [-0.4, -0.2) is 21.1 Å². The van der Waals surface area contributed by atoms with Gasteiger partial charge in [0.25, 0.3) is 0 Å². The first-order chi connectivity index (χ1) is 9.44. The molecule has 2 N–H and O–H groups in total. The molecule has 2 rings (SSSR count). The first-order valence-corrected chi connectivity index (χ1v) is 6.06. The summed E-state index contributed by atoms with van der Waals surface area (Å²) in [6.45, 7) is 5.39. The van der Waals surface area contributed by atoms with Crippen molar-refractivity contribution in [3.8, 4) is 17.8 Å². The minimum absolute atomic E-state index is 0.00265. The molecule has 0 aliphatic heterocycles. The number of benzene rings is 1. The highest BCUT2D eigenvalue weighted by Crippen LogP contribution is 2.24. The van der Waals surface area contributed by atoms with Crippen molar-refractivity contribution in [1.29, 1.82) is 0 Å². The fourth-order valence-corrected chi connectivity index (χ4v) is 1.49.